The van der Waals surface area contributed by atoms with Crippen LogP contribution in [0.15, 0.2) is 66.1 Å². The van der Waals surface area contributed by atoms with Crippen molar-refractivity contribution >= 4 is 34.8 Å². The number of aryl methyl sites for hydroxylation is 1. The van der Waals surface area contributed by atoms with Crippen LogP contribution in [0.3, 0.4) is 0 Å². The first-order valence-electron chi connectivity index (χ1n) is 14.3. The number of nitrogens with zero attached hydrogens (tertiary/aromatic N) is 8. The molecule has 1 aromatic carbocycles. The molecule has 6 rings (SSSR count). The second kappa shape index (κ2) is 10.9. The van der Waals surface area contributed by atoms with Gasteiger partial charge in [-0.25, -0.2) is 9.67 Å². The summed E-state index contributed by atoms with van der Waals surface area (Å²) in [6.07, 6.45) is 7.46. The summed E-state index contributed by atoms with van der Waals surface area (Å²) >= 11 is 12.3. The number of nitrogens with one attached hydrogen (secondary N) is 1. The SMILES string of the molecule is [2H]C([2H])([2H])n1ncc2c1-c1ccnc(c1)[C@@H](n1cnc(-c3cc(Cl)ccc3-n3cc(Cl)nn3)cc1=O)CCC[C@@H](C)C(=O)N2. The molecule has 1 aliphatic rings. The molecule has 0 spiro atoms. The van der Waals surface area contributed by atoms with Crippen LogP contribution in [-0.2, 0) is 11.8 Å². The average Bonchev–Trinajstić information content (AvgIpc) is 3.61. The van der Waals surface area contributed by atoms with E-state index in [0.717, 1.165) is 4.68 Å². The van der Waals surface area contributed by atoms with E-state index in [2.05, 4.69) is 30.7 Å². The molecule has 0 saturated heterocycles. The molecule has 4 aromatic heterocycles. The zero-order valence-electron chi connectivity index (χ0n) is 24.7. The van der Waals surface area contributed by atoms with Crippen LogP contribution in [0, 0.1) is 5.92 Å². The van der Waals surface area contributed by atoms with Gasteiger partial charge in [0.2, 0.25) is 5.91 Å². The number of hydrogen-bond acceptors (Lipinski definition) is 7. The molecule has 5 aromatic rings. The van der Waals surface area contributed by atoms with Gasteiger partial charge in [-0.1, -0.05) is 41.8 Å². The van der Waals surface area contributed by atoms with Crippen LogP contribution in [0.2, 0.25) is 10.2 Å². The van der Waals surface area contributed by atoms with E-state index in [4.69, 9.17) is 27.3 Å². The normalized spacial score (nSPS) is 18.7. The Labute approximate surface area is 249 Å². The number of fused-ring (bicyclic) bond motifs is 4. The highest BCUT2D eigenvalue weighted by atomic mass is 35.5. The minimum Gasteiger partial charge on any atom is -0.323 e. The highest BCUT2D eigenvalue weighted by Crippen LogP contribution is 2.33. The maximum atomic E-state index is 13.7. The number of benzene rings is 1. The first-order valence-corrected chi connectivity index (χ1v) is 13.6. The smallest absolute Gasteiger partial charge is 0.254 e. The quantitative estimate of drug-likeness (QED) is 0.314. The minimum atomic E-state index is -2.60. The summed E-state index contributed by atoms with van der Waals surface area (Å²) in [6, 6.07) is 9.31. The minimum absolute atomic E-state index is 0.201. The number of rotatable bonds is 3. The molecular weight excluding hydrogens is 565 g/mol. The van der Waals surface area contributed by atoms with Crippen molar-refractivity contribution in [2.24, 2.45) is 12.9 Å². The van der Waals surface area contributed by atoms with Crippen LogP contribution in [0.4, 0.5) is 5.69 Å². The van der Waals surface area contributed by atoms with E-state index in [1.807, 2.05) is 0 Å². The Morgan fingerprint density at radius 1 is 1.10 bits per heavy atom. The van der Waals surface area contributed by atoms with Gasteiger partial charge < -0.3 is 5.32 Å². The molecule has 5 heterocycles. The predicted molar refractivity (Wildman–Crippen MR) is 155 cm³/mol. The van der Waals surface area contributed by atoms with Gasteiger partial charge in [-0.2, -0.15) is 5.10 Å². The lowest BCUT2D eigenvalue weighted by Crippen LogP contribution is -2.27. The van der Waals surface area contributed by atoms with Gasteiger partial charge in [0.1, 0.15) is 0 Å². The number of carbonyl (C=O) groups excluding carboxylic acids is 1. The molecule has 13 heteroatoms. The van der Waals surface area contributed by atoms with Crippen LogP contribution < -0.4 is 10.9 Å². The molecule has 1 amide bonds. The number of amides is 1. The summed E-state index contributed by atoms with van der Waals surface area (Å²) in [4.78, 5) is 35.9. The largest absolute Gasteiger partial charge is 0.323 e. The van der Waals surface area contributed by atoms with E-state index in [1.165, 1.54) is 34.0 Å². The Bertz CT molecular complexity index is 1940. The van der Waals surface area contributed by atoms with Crippen LogP contribution in [-0.4, -0.2) is 45.2 Å². The Balaban J connectivity index is 1.46. The van der Waals surface area contributed by atoms with Gasteiger partial charge in [-0.05, 0) is 43.2 Å². The van der Waals surface area contributed by atoms with E-state index in [-0.39, 0.29) is 33.9 Å². The molecule has 1 N–H and O–H groups in total. The van der Waals surface area contributed by atoms with Crippen molar-refractivity contribution in [3.63, 3.8) is 0 Å². The van der Waals surface area contributed by atoms with Crippen molar-refractivity contribution in [2.45, 2.75) is 32.2 Å². The van der Waals surface area contributed by atoms with Gasteiger partial charge in [0.15, 0.2) is 5.15 Å². The molecule has 208 valence electrons. The summed E-state index contributed by atoms with van der Waals surface area (Å²) in [5, 5.41) is 15.4. The monoisotopic (exact) mass is 592 g/mol. The van der Waals surface area contributed by atoms with Gasteiger partial charge in [-0.3, -0.25) is 23.8 Å². The predicted octanol–water partition coefficient (Wildman–Crippen LogP) is 4.94. The van der Waals surface area contributed by atoms with Crippen molar-refractivity contribution in [2.75, 3.05) is 5.32 Å². The molecule has 0 radical (unpaired) electrons. The van der Waals surface area contributed by atoms with Crippen LogP contribution in [0.25, 0.3) is 28.2 Å². The van der Waals surface area contributed by atoms with Crippen molar-refractivity contribution in [1.82, 2.24) is 39.3 Å². The topological polar surface area (TPSA) is 125 Å². The third kappa shape index (κ3) is 5.25. The fraction of sp³-hybridized carbons (Fsp3) is 0.250. The van der Waals surface area contributed by atoms with Crippen molar-refractivity contribution < 1.29 is 8.91 Å². The van der Waals surface area contributed by atoms with Gasteiger partial charge in [-0.15, -0.1) is 5.10 Å². The summed E-state index contributed by atoms with van der Waals surface area (Å²) in [5.74, 6) is -0.633. The standard InChI is InChI=1S/C28H25Cl2N9O2/c1-16-4-3-5-24(21-10-17(8-9-31-21)27-22(34-28(16)41)13-33-37(27)2)38-15-32-20(12-26(38)40)19-11-18(29)6-7-23(19)39-14-25(30)35-36-39/h6-16,24H,3-5H2,1-2H3,(H,34,41)/t16-,24+/m1/s1/i2D3. The number of carbonyl (C=O) groups is 1. The summed E-state index contributed by atoms with van der Waals surface area (Å²) in [5.41, 5.74) is 2.65. The number of anilines is 1. The highest BCUT2D eigenvalue weighted by molar-refractivity contribution is 6.31. The summed E-state index contributed by atoms with van der Waals surface area (Å²) < 4.78 is 27.9. The van der Waals surface area contributed by atoms with Gasteiger partial charge in [0, 0.05) is 45.4 Å². The van der Waals surface area contributed by atoms with Gasteiger partial charge in [0.25, 0.3) is 5.56 Å². The molecule has 2 atom stereocenters. The molecule has 11 nitrogen and oxygen atoms in total. The Kier molecular flexibility index (Phi) is 6.21. The highest BCUT2D eigenvalue weighted by Gasteiger charge is 2.24. The number of aromatic nitrogens is 8. The van der Waals surface area contributed by atoms with Crippen molar-refractivity contribution in [3.05, 3.63) is 87.5 Å². The summed E-state index contributed by atoms with van der Waals surface area (Å²) in [6.45, 7) is -0.799. The maximum absolute atomic E-state index is 13.7. The van der Waals surface area contributed by atoms with Crippen LogP contribution >= 0.6 is 23.2 Å². The number of hydrogen-bond donors (Lipinski definition) is 1. The fourth-order valence-electron chi connectivity index (χ4n) is 5.00. The lowest BCUT2D eigenvalue weighted by Gasteiger charge is -2.22. The zero-order valence-corrected chi connectivity index (χ0v) is 23.2. The van der Waals surface area contributed by atoms with Crippen LogP contribution in [0.5, 0.6) is 0 Å². The maximum Gasteiger partial charge on any atom is 0.254 e. The first kappa shape index (κ1) is 23.4. The van der Waals surface area contributed by atoms with Gasteiger partial charge >= 0.3 is 0 Å². The molecule has 1 aliphatic heterocycles. The molecular formula is C28H25Cl2N9O2. The Morgan fingerprint density at radius 2 is 1.98 bits per heavy atom. The molecule has 0 unspecified atom stereocenters. The van der Waals surface area contributed by atoms with E-state index in [1.54, 1.807) is 43.5 Å². The molecule has 0 fully saturated rings. The van der Waals surface area contributed by atoms with Crippen molar-refractivity contribution in [3.8, 4) is 28.2 Å². The van der Waals surface area contributed by atoms with E-state index >= 15 is 0 Å². The molecule has 2 bridgehead atoms. The Hall–Kier alpha value is -4.35. The third-order valence-corrected chi connectivity index (χ3v) is 7.51. The zero-order chi connectivity index (χ0) is 31.2. The first-order chi connectivity index (χ1) is 21.0. The van der Waals surface area contributed by atoms with Gasteiger partial charge in [0.05, 0.1) is 53.2 Å². The average molecular weight is 593 g/mol. The second-order valence-corrected chi connectivity index (χ2v) is 10.6. The fourth-order valence-corrected chi connectivity index (χ4v) is 5.29. The number of pyridine rings is 1. The lowest BCUT2D eigenvalue weighted by molar-refractivity contribution is -0.119. The third-order valence-electron chi connectivity index (χ3n) is 7.10. The molecule has 41 heavy (non-hydrogen) atoms. The Morgan fingerprint density at radius 3 is 2.76 bits per heavy atom. The van der Waals surface area contributed by atoms with Crippen LogP contribution in [0.1, 0.15) is 42.0 Å². The van der Waals surface area contributed by atoms with E-state index in [0.29, 0.717) is 52.5 Å². The second-order valence-electron chi connectivity index (χ2n) is 9.79. The van der Waals surface area contributed by atoms with E-state index in [9.17, 15) is 9.59 Å². The number of halogens is 2. The summed E-state index contributed by atoms with van der Waals surface area (Å²) in [7, 11) is 0. The molecule has 0 aliphatic carbocycles. The van der Waals surface area contributed by atoms with Crippen molar-refractivity contribution in [1.29, 1.82) is 0 Å². The van der Waals surface area contributed by atoms with E-state index < -0.39 is 13.0 Å². The lowest BCUT2D eigenvalue weighted by atomic mass is 9.97. The molecule has 0 saturated carbocycles.